The van der Waals surface area contributed by atoms with Crippen molar-refractivity contribution in [3.8, 4) is 17.2 Å². The summed E-state index contributed by atoms with van der Waals surface area (Å²) in [7, 11) is 4.80. The summed E-state index contributed by atoms with van der Waals surface area (Å²) in [5.74, 6) is 1.90. The quantitative estimate of drug-likeness (QED) is 0.690. The summed E-state index contributed by atoms with van der Waals surface area (Å²) in [6, 6.07) is 16.8. The number of ether oxygens (including phenoxy) is 3. The molecule has 0 aliphatic carbocycles. The van der Waals surface area contributed by atoms with Crippen LogP contribution >= 0.6 is 0 Å². The molecule has 1 atom stereocenters. The number of para-hydroxylation sites is 2. The van der Waals surface area contributed by atoms with Crippen molar-refractivity contribution in [2.45, 2.75) is 12.6 Å². The first-order valence-electron chi connectivity index (χ1n) is 9.74. The molecule has 3 aromatic rings. The highest BCUT2D eigenvalue weighted by atomic mass is 16.5. The van der Waals surface area contributed by atoms with Gasteiger partial charge in [0.1, 0.15) is 5.75 Å². The van der Waals surface area contributed by atoms with E-state index >= 15 is 0 Å². The lowest BCUT2D eigenvalue weighted by Crippen LogP contribution is -2.44. The van der Waals surface area contributed by atoms with Gasteiger partial charge in [-0.15, -0.1) is 0 Å². The molecular formula is C23H25N3O4. The van der Waals surface area contributed by atoms with Gasteiger partial charge in [0.25, 0.3) is 0 Å². The molecule has 156 valence electrons. The van der Waals surface area contributed by atoms with Crippen molar-refractivity contribution < 1.29 is 19.0 Å². The van der Waals surface area contributed by atoms with E-state index in [2.05, 4.69) is 9.88 Å². The Hall–Kier alpha value is -3.61. The number of rotatable bonds is 5. The molecule has 30 heavy (non-hydrogen) atoms. The highest BCUT2D eigenvalue weighted by Crippen LogP contribution is 2.37. The van der Waals surface area contributed by atoms with Crippen molar-refractivity contribution in [3.63, 3.8) is 0 Å². The average Bonchev–Trinajstić information content (AvgIpc) is 3.27. The van der Waals surface area contributed by atoms with Crippen molar-refractivity contribution in [2.24, 2.45) is 0 Å². The predicted molar refractivity (Wildman–Crippen MR) is 115 cm³/mol. The van der Waals surface area contributed by atoms with Crippen molar-refractivity contribution >= 4 is 11.7 Å². The monoisotopic (exact) mass is 407 g/mol. The molecule has 2 amide bonds. The number of carbonyl (C=O) groups is 1. The molecule has 0 saturated carbocycles. The lowest BCUT2D eigenvalue weighted by Gasteiger charge is -2.37. The number of urea groups is 1. The third kappa shape index (κ3) is 3.54. The van der Waals surface area contributed by atoms with E-state index in [0.717, 1.165) is 17.8 Å². The van der Waals surface area contributed by atoms with Crippen molar-refractivity contribution in [3.05, 3.63) is 72.1 Å². The van der Waals surface area contributed by atoms with Crippen LogP contribution in [0.5, 0.6) is 17.2 Å². The second-order valence-corrected chi connectivity index (χ2v) is 6.97. The fourth-order valence-corrected chi connectivity index (χ4v) is 3.91. The molecule has 1 aliphatic heterocycles. The normalized spacial score (nSPS) is 15.3. The molecule has 0 spiro atoms. The van der Waals surface area contributed by atoms with Crippen LogP contribution in [0.1, 0.15) is 17.3 Å². The van der Waals surface area contributed by atoms with E-state index in [-0.39, 0.29) is 12.1 Å². The minimum atomic E-state index is -0.261. The molecule has 0 radical (unpaired) electrons. The molecule has 0 fully saturated rings. The van der Waals surface area contributed by atoms with E-state index < -0.39 is 0 Å². The zero-order chi connectivity index (χ0) is 21.1. The second-order valence-electron chi connectivity index (χ2n) is 6.97. The number of aromatic nitrogens is 1. The minimum Gasteiger partial charge on any atom is -0.495 e. The lowest BCUT2D eigenvalue weighted by atomic mass is 9.99. The highest BCUT2D eigenvalue weighted by molar-refractivity contribution is 5.91. The number of benzene rings is 2. The molecule has 7 nitrogen and oxygen atoms in total. The lowest BCUT2D eigenvalue weighted by molar-refractivity contribution is 0.181. The number of nitrogens with zero attached hydrogens (tertiary/aromatic N) is 2. The number of methoxy groups -OCH3 is 3. The van der Waals surface area contributed by atoms with Crippen LogP contribution in [0.15, 0.2) is 60.8 Å². The van der Waals surface area contributed by atoms with Gasteiger partial charge in [-0.3, -0.25) is 0 Å². The van der Waals surface area contributed by atoms with Gasteiger partial charge in [-0.05, 0) is 42.0 Å². The summed E-state index contributed by atoms with van der Waals surface area (Å²) >= 11 is 0. The fourth-order valence-electron chi connectivity index (χ4n) is 3.91. The summed E-state index contributed by atoms with van der Waals surface area (Å²) in [6.45, 7) is 1.30. The van der Waals surface area contributed by atoms with E-state index in [1.807, 2.05) is 65.7 Å². The molecule has 0 unspecified atom stereocenters. The standard InChI is InChI=1S/C23H25N3O4/c1-28-19-9-5-4-7-17(19)24-23(27)26-14-13-25-12-6-8-18(25)22(26)16-10-11-20(29-2)21(15-16)30-3/h4-12,15,22H,13-14H2,1-3H3,(H,24,27)/t22-/m1/s1. The minimum absolute atomic E-state index is 0.188. The Kier molecular flexibility index (Phi) is 5.52. The number of amides is 2. The molecule has 1 aromatic heterocycles. The Bertz CT molecular complexity index is 1050. The number of hydrogen-bond donors (Lipinski definition) is 1. The van der Waals surface area contributed by atoms with Gasteiger partial charge in [-0.1, -0.05) is 18.2 Å². The first kappa shape index (κ1) is 19.7. The topological polar surface area (TPSA) is 65.0 Å². The zero-order valence-corrected chi connectivity index (χ0v) is 17.3. The van der Waals surface area contributed by atoms with Crippen LogP contribution in [0.25, 0.3) is 0 Å². The summed E-state index contributed by atoms with van der Waals surface area (Å²) in [5, 5.41) is 3.00. The maximum atomic E-state index is 13.3. The molecule has 1 N–H and O–H groups in total. The Morgan fingerprint density at radius 2 is 1.67 bits per heavy atom. The number of fused-ring (bicyclic) bond motifs is 1. The van der Waals surface area contributed by atoms with Gasteiger partial charge in [-0.2, -0.15) is 0 Å². The number of hydrogen-bond acceptors (Lipinski definition) is 4. The molecule has 2 heterocycles. The number of carbonyl (C=O) groups excluding carboxylic acids is 1. The third-order valence-electron chi connectivity index (χ3n) is 5.37. The first-order valence-corrected chi connectivity index (χ1v) is 9.74. The largest absolute Gasteiger partial charge is 0.495 e. The maximum Gasteiger partial charge on any atom is 0.322 e. The molecule has 1 aliphatic rings. The van der Waals surface area contributed by atoms with Crippen molar-refractivity contribution in [1.82, 2.24) is 9.47 Å². The van der Waals surface area contributed by atoms with E-state index in [1.54, 1.807) is 21.3 Å². The summed E-state index contributed by atoms with van der Waals surface area (Å²) in [5.41, 5.74) is 2.63. The van der Waals surface area contributed by atoms with Crippen LogP contribution in [0.2, 0.25) is 0 Å². The van der Waals surface area contributed by atoms with E-state index in [9.17, 15) is 4.79 Å². The molecular weight excluding hydrogens is 382 g/mol. The van der Waals surface area contributed by atoms with Crippen LogP contribution in [0.3, 0.4) is 0 Å². The molecule has 2 aromatic carbocycles. The van der Waals surface area contributed by atoms with Crippen molar-refractivity contribution in [1.29, 1.82) is 0 Å². The zero-order valence-electron chi connectivity index (χ0n) is 17.3. The Morgan fingerprint density at radius 1 is 0.900 bits per heavy atom. The smallest absolute Gasteiger partial charge is 0.322 e. The first-order chi connectivity index (χ1) is 14.7. The Balaban J connectivity index is 1.71. The van der Waals surface area contributed by atoms with Crippen molar-refractivity contribution in [2.75, 3.05) is 33.2 Å². The highest BCUT2D eigenvalue weighted by Gasteiger charge is 2.33. The van der Waals surface area contributed by atoms with Gasteiger partial charge < -0.3 is 29.0 Å². The summed E-state index contributed by atoms with van der Waals surface area (Å²) in [4.78, 5) is 15.2. The van der Waals surface area contributed by atoms with E-state index in [1.165, 1.54) is 0 Å². The van der Waals surface area contributed by atoms with Crippen LogP contribution in [-0.4, -0.2) is 43.4 Å². The van der Waals surface area contributed by atoms with Gasteiger partial charge >= 0.3 is 6.03 Å². The summed E-state index contributed by atoms with van der Waals surface area (Å²) < 4.78 is 18.4. The maximum absolute atomic E-state index is 13.3. The van der Waals surface area contributed by atoms with E-state index in [4.69, 9.17) is 14.2 Å². The Morgan fingerprint density at radius 3 is 2.43 bits per heavy atom. The van der Waals surface area contributed by atoms with Crippen LogP contribution in [0.4, 0.5) is 10.5 Å². The SMILES string of the molecule is COc1ccccc1NC(=O)N1CCn2cccc2[C@H]1c1ccc(OC)c(OC)c1. The van der Waals surface area contributed by atoms with Crippen LogP contribution in [0, 0.1) is 0 Å². The fraction of sp³-hybridized carbons (Fsp3) is 0.261. The second kappa shape index (κ2) is 8.41. The number of nitrogens with one attached hydrogen (secondary N) is 1. The third-order valence-corrected chi connectivity index (χ3v) is 5.37. The van der Waals surface area contributed by atoms with Crippen LogP contribution < -0.4 is 19.5 Å². The van der Waals surface area contributed by atoms with E-state index in [0.29, 0.717) is 29.5 Å². The van der Waals surface area contributed by atoms with Gasteiger partial charge in [0, 0.05) is 25.0 Å². The summed E-state index contributed by atoms with van der Waals surface area (Å²) in [6.07, 6.45) is 2.04. The van der Waals surface area contributed by atoms with Gasteiger partial charge in [0.05, 0.1) is 33.1 Å². The average molecular weight is 407 g/mol. The Labute approximate surface area is 175 Å². The molecule has 7 heteroatoms. The van der Waals surface area contributed by atoms with Gasteiger partial charge in [0.2, 0.25) is 0 Å². The molecule has 0 bridgehead atoms. The van der Waals surface area contributed by atoms with Gasteiger partial charge in [-0.25, -0.2) is 4.79 Å². The van der Waals surface area contributed by atoms with Crippen LogP contribution in [-0.2, 0) is 6.54 Å². The number of anilines is 1. The molecule has 4 rings (SSSR count). The predicted octanol–water partition coefficient (Wildman–Crippen LogP) is 4.15. The molecule has 0 saturated heterocycles. The van der Waals surface area contributed by atoms with Gasteiger partial charge in [0.15, 0.2) is 11.5 Å².